The van der Waals surface area contributed by atoms with Crippen molar-refractivity contribution in [2.75, 3.05) is 12.5 Å². The first-order valence-corrected chi connectivity index (χ1v) is 7.29. The van der Waals surface area contributed by atoms with Crippen molar-refractivity contribution in [1.82, 2.24) is 4.98 Å². The van der Waals surface area contributed by atoms with Gasteiger partial charge in [-0.15, -0.1) is 0 Å². The molecule has 0 radical (unpaired) electrons. The lowest BCUT2D eigenvalue weighted by Crippen LogP contribution is -1.92. The molecule has 0 unspecified atom stereocenters. The van der Waals surface area contributed by atoms with Crippen LogP contribution in [0.25, 0.3) is 11.3 Å². The second-order valence-corrected chi connectivity index (χ2v) is 4.95. The molecule has 0 aliphatic carbocycles. The van der Waals surface area contributed by atoms with Crippen LogP contribution in [0.15, 0.2) is 64.4 Å². The average molecular weight is 338 g/mol. The molecule has 2 heterocycles. The molecule has 8 nitrogen and oxygen atoms in total. The number of hydrogen-bond donors (Lipinski definition) is 1. The maximum absolute atomic E-state index is 10.9. The summed E-state index contributed by atoms with van der Waals surface area (Å²) in [6.07, 6.45) is 4.84. The van der Waals surface area contributed by atoms with Crippen molar-refractivity contribution < 1.29 is 14.1 Å². The zero-order chi connectivity index (χ0) is 17.6. The molecule has 0 amide bonds. The third-order valence-electron chi connectivity index (χ3n) is 3.35. The highest BCUT2D eigenvalue weighted by Crippen LogP contribution is 2.33. The van der Waals surface area contributed by atoms with Gasteiger partial charge in [0.05, 0.1) is 35.6 Å². The maximum Gasteiger partial charge on any atom is 0.273 e. The van der Waals surface area contributed by atoms with Crippen LogP contribution in [0.1, 0.15) is 5.76 Å². The molecule has 0 aliphatic heterocycles. The highest BCUT2D eigenvalue weighted by molar-refractivity contribution is 5.79. The maximum atomic E-state index is 10.9. The molecule has 3 aromatic rings. The van der Waals surface area contributed by atoms with Crippen LogP contribution in [0, 0.1) is 10.1 Å². The van der Waals surface area contributed by atoms with Crippen molar-refractivity contribution in [2.24, 2.45) is 5.10 Å². The monoisotopic (exact) mass is 338 g/mol. The minimum atomic E-state index is -0.475. The number of ether oxygens (including phenoxy) is 1. The van der Waals surface area contributed by atoms with Gasteiger partial charge in [-0.05, 0) is 30.3 Å². The van der Waals surface area contributed by atoms with Crippen LogP contribution in [0.2, 0.25) is 0 Å². The molecule has 3 rings (SSSR count). The van der Waals surface area contributed by atoms with E-state index in [2.05, 4.69) is 15.5 Å². The van der Waals surface area contributed by atoms with Crippen LogP contribution in [0.3, 0.4) is 0 Å². The number of methoxy groups -OCH3 is 1. The van der Waals surface area contributed by atoms with E-state index in [9.17, 15) is 10.1 Å². The zero-order valence-electron chi connectivity index (χ0n) is 13.2. The fourth-order valence-corrected chi connectivity index (χ4v) is 2.16. The fourth-order valence-electron chi connectivity index (χ4n) is 2.16. The molecule has 0 aliphatic rings. The predicted octanol–water partition coefficient (Wildman–Crippen LogP) is 3.70. The van der Waals surface area contributed by atoms with Crippen LogP contribution in [0.5, 0.6) is 5.75 Å². The molecule has 1 aromatic carbocycles. The van der Waals surface area contributed by atoms with E-state index in [0.717, 1.165) is 5.69 Å². The van der Waals surface area contributed by atoms with Gasteiger partial charge in [-0.25, -0.2) is 0 Å². The first-order chi connectivity index (χ1) is 12.2. The molecule has 126 valence electrons. The lowest BCUT2D eigenvalue weighted by Gasteiger charge is -2.05. The number of aromatic nitrogens is 1. The molecule has 2 aromatic heterocycles. The summed E-state index contributed by atoms with van der Waals surface area (Å²) in [7, 11) is 1.45. The first kappa shape index (κ1) is 16.2. The largest absolute Gasteiger partial charge is 0.496 e. The Hall–Kier alpha value is -3.68. The fraction of sp³-hybridized carbons (Fsp3) is 0.0588. The SMILES string of the molecule is COc1cc([N+](=O)[O-])ccc1-c1ccc(/C=N/Nc2ccncc2)o1. The minimum Gasteiger partial charge on any atom is -0.496 e. The van der Waals surface area contributed by atoms with Gasteiger partial charge in [-0.3, -0.25) is 20.5 Å². The summed E-state index contributed by atoms with van der Waals surface area (Å²) in [4.78, 5) is 14.3. The molecule has 0 saturated heterocycles. The Kier molecular flexibility index (Phi) is 4.70. The Labute approximate surface area is 142 Å². The van der Waals surface area contributed by atoms with Crippen molar-refractivity contribution in [3.8, 4) is 17.1 Å². The van der Waals surface area contributed by atoms with Crippen LogP contribution < -0.4 is 10.2 Å². The Balaban J connectivity index is 1.78. The topological polar surface area (TPSA) is 103 Å². The number of rotatable bonds is 6. The van der Waals surface area contributed by atoms with Crippen molar-refractivity contribution in [3.63, 3.8) is 0 Å². The number of pyridine rings is 1. The van der Waals surface area contributed by atoms with E-state index in [0.29, 0.717) is 22.8 Å². The van der Waals surface area contributed by atoms with Gasteiger partial charge in [-0.1, -0.05) is 0 Å². The number of hydrazone groups is 1. The summed E-state index contributed by atoms with van der Waals surface area (Å²) in [6, 6.07) is 11.4. The molecule has 0 saturated carbocycles. The second kappa shape index (κ2) is 7.26. The van der Waals surface area contributed by atoms with Gasteiger partial charge in [0.1, 0.15) is 17.3 Å². The van der Waals surface area contributed by atoms with Gasteiger partial charge in [-0.2, -0.15) is 5.10 Å². The summed E-state index contributed by atoms with van der Waals surface area (Å²) >= 11 is 0. The Bertz CT molecular complexity index is 906. The van der Waals surface area contributed by atoms with Gasteiger partial charge in [0.2, 0.25) is 0 Å². The minimum absolute atomic E-state index is 0.0458. The van der Waals surface area contributed by atoms with E-state index in [1.54, 1.807) is 42.7 Å². The van der Waals surface area contributed by atoms with Crippen molar-refractivity contribution >= 4 is 17.6 Å². The summed E-state index contributed by atoms with van der Waals surface area (Å²) in [5.74, 6) is 1.41. The lowest BCUT2D eigenvalue weighted by atomic mass is 10.1. The molecule has 0 atom stereocenters. The van der Waals surface area contributed by atoms with Crippen molar-refractivity contribution in [2.45, 2.75) is 0 Å². The predicted molar refractivity (Wildman–Crippen MR) is 92.8 cm³/mol. The Morgan fingerprint density at radius 2 is 2.04 bits per heavy atom. The van der Waals surface area contributed by atoms with Crippen LogP contribution in [0.4, 0.5) is 11.4 Å². The van der Waals surface area contributed by atoms with E-state index in [1.807, 2.05) is 0 Å². The van der Waals surface area contributed by atoms with Crippen LogP contribution in [-0.4, -0.2) is 23.2 Å². The zero-order valence-corrected chi connectivity index (χ0v) is 13.2. The van der Waals surface area contributed by atoms with E-state index in [1.165, 1.54) is 25.5 Å². The number of furan rings is 1. The molecular weight excluding hydrogens is 324 g/mol. The molecule has 1 N–H and O–H groups in total. The summed E-state index contributed by atoms with van der Waals surface area (Å²) in [5, 5.41) is 14.9. The number of hydrogen-bond acceptors (Lipinski definition) is 7. The van der Waals surface area contributed by atoms with Crippen molar-refractivity contribution in [3.05, 3.63) is 70.7 Å². The van der Waals surface area contributed by atoms with E-state index in [4.69, 9.17) is 9.15 Å². The van der Waals surface area contributed by atoms with E-state index in [-0.39, 0.29) is 5.69 Å². The number of anilines is 1. The van der Waals surface area contributed by atoms with Gasteiger partial charge < -0.3 is 9.15 Å². The lowest BCUT2D eigenvalue weighted by molar-refractivity contribution is -0.384. The van der Waals surface area contributed by atoms with E-state index >= 15 is 0 Å². The molecule has 25 heavy (non-hydrogen) atoms. The molecule has 0 fully saturated rings. The number of non-ortho nitro benzene ring substituents is 1. The smallest absolute Gasteiger partial charge is 0.273 e. The van der Waals surface area contributed by atoms with E-state index < -0.39 is 4.92 Å². The number of nitrogens with one attached hydrogen (secondary N) is 1. The number of nitro benzene ring substituents is 1. The summed E-state index contributed by atoms with van der Waals surface area (Å²) < 4.78 is 10.9. The molecule has 0 bridgehead atoms. The quantitative estimate of drug-likeness (QED) is 0.417. The Morgan fingerprint density at radius 3 is 2.76 bits per heavy atom. The third kappa shape index (κ3) is 3.81. The normalized spacial score (nSPS) is 10.8. The molecular formula is C17H14N4O4. The second-order valence-electron chi connectivity index (χ2n) is 4.95. The third-order valence-corrected chi connectivity index (χ3v) is 3.35. The molecule has 8 heteroatoms. The number of nitro groups is 1. The van der Waals surface area contributed by atoms with Crippen LogP contribution >= 0.6 is 0 Å². The highest BCUT2D eigenvalue weighted by Gasteiger charge is 2.15. The van der Waals surface area contributed by atoms with Gasteiger partial charge in [0.15, 0.2) is 0 Å². The number of nitrogens with zero attached hydrogens (tertiary/aromatic N) is 3. The number of benzene rings is 1. The van der Waals surface area contributed by atoms with Crippen LogP contribution in [-0.2, 0) is 0 Å². The molecule has 0 spiro atoms. The standard InChI is InChI=1S/C17H14N4O4/c1-24-17-10-13(21(22)23)2-4-15(17)16-5-3-14(25-16)11-19-20-12-6-8-18-9-7-12/h2-11H,1H3,(H,18,20)/b19-11+. The Morgan fingerprint density at radius 1 is 1.24 bits per heavy atom. The van der Waals surface area contributed by atoms with Crippen molar-refractivity contribution in [1.29, 1.82) is 0 Å². The van der Waals surface area contributed by atoms with Gasteiger partial charge in [0, 0.05) is 18.5 Å². The van der Waals surface area contributed by atoms with Gasteiger partial charge >= 0.3 is 0 Å². The average Bonchev–Trinajstić information content (AvgIpc) is 3.10. The first-order valence-electron chi connectivity index (χ1n) is 7.29. The summed E-state index contributed by atoms with van der Waals surface area (Å²) in [6.45, 7) is 0. The summed E-state index contributed by atoms with van der Waals surface area (Å²) in [5.41, 5.74) is 4.23. The van der Waals surface area contributed by atoms with Gasteiger partial charge in [0.25, 0.3) is 5.69 Å². The highest BCUT2D eigenvalue weighted by atomic mass is 16.6.